The highest BCUT2D eigenvalue weighted by Crippen LogP contribution is 2.11. The van der Waals surface area contributed by atoms with Crippen LogP contribution in [-0.2, 0) is 9.73 Å². The van der Waals surface area contributed by atoms with Crippen molar-refractivity contribution < 1.29 is 4.21 Å². The molecule has 0 saturated heterocycles. The number of nitrogens with one attached hydrogen (secondary N) is 1. The summed E-state index contributed by atoms with van der Waals surface area (Å²) in [7, 11) is 1.67. The van der Waals surface area contributed by atoms with E-state index >= 15 is 0 Å². The molecule has 1 N–H and O–H groups in total. The average Bonchev–Trinajstić information content (AvgIpc) is 2.06. The second-order valence-electron chi connectivity index (χ2n) is 2.56. The number of hydrogen-bond donors (Lipinski definition) is 1. The van der Waals surface area contributed by atoms with Crippen LogP contribution in [0.5, 0.6) is 0 Å². The third kappa shape index (κ3) is 1.96. The molecule has 3 nitrogen and oxygen atoms in total. The van der Waals surface area contributed by atoms with Gasteiger partial charge in [-0.1, -0.05) is 6.08 Å². The van der Waals surface area contributed by atoms with Crippen molar-refractivity contribution in [2.24, 2.45) is 4.36 Å². The zero-order valence-electron chi connectivity index (χ0n) is 6.96. The van der Waals surface area contributed by atoms with Crippen molar-refractivity contribution in [3.63, 3.8) is 0 Å². The first-order valence-electron chi connectivity index (χ1n) is 3.67. The molecule has 1 heterocycles. The Morgan fingerprint density at radius 2 is 2.45 bits per heavy atom. The summed E-state index contributed by atoms with van der Waals surface area (Å²) in [6.07, 6.45) is 2.85. The fourth-order valence-corrected chi connectivity index (χ4v) is 2.58. The molecule has 1 aliphatic heterocycles. The molecular weight excluding hydrogens is 160 g/mol. The van der Waals surface area contributed by atoms with Crippen LogP contribution in [0.3, 0.4) is 0 Å². The SMILES string of the molecule is CN=S1(=O)CC=C(NC)CC1. The summed E-state index contributed by atoms with van der Waals surface area (Å²) in [5.41, 5.74) is 1.19. The van der Waals surface area contributed by atoms with E-state index in [1.165, 1.54) is 5.70 Å². The van der Waals surface area contributed by atoms with Gasteiger partial charge in [-0.15, -0.1) is 0 Å². The summed E-state index contributed by atoms with van der Waals surface area (Å²) in [5, 5.41) is 3.06. The maximum atomic E-state index is 11.6. The van der Waals surface area contributed by atoms with Gasteiger partial charge in [-0.3, -0.25) is 0 Å². The Labute approximate surface area is 68.1 Å². The van der Waals surface area contributed by atoms with Gasteiger partial charge in [0.25, 0.3) is 0 Å². The van der Waals surface area contributed by atoms with Crippen LogP contribution in [-0.4, -0.2) is 29.8 Å². The maximum Gasteiger partial charge on any atom is 0.0517 e. The van der Waals surface area contributed by atoms with Gasteiger partial charge in [0.15, 0.2) is 0 Å². The molecule has 0 amide bonds. The van der Waals surface area contributed by atoms with Gasteiger partial charge in [0.05, 0.1) is 15.5 Å². The Bertz CT molecular complexity index is 274. The van der Waals surface area contributed by atoms with E-state index in [1.54, 1.807) is 7.05 Å². The third-order valence-electron chi connectivity index (χ3n) is 1.93. The highest BCUT2D eigenvalue weighted by molar-refractivity contribution is 7.93. The van der Waals surface area contributed by atoms with E-state index in [4.69, 9.17) is 0 Å². The first-order valence-corrected chi connectivity index (χ1v) is 5.53. The topological polar surface area (TPSA) is 41.5 Å². The van der Waals surface area contributed by atoms with Crippen molar-refractivity contribution in [2.45, 2.75) is 6.42 Å². The summed E-state index contributed by atoms with van der Waals surface area (Å²) >= 11 is 0. The van der Waals surface area contributed by atoms with E-state index in [-0.39, 0.29) is 0 Å². The lowest BCUT2D eigenvalue weighted by atomic mass is 10.3. The molecule has 0 aromatic rings. The van der Waals surface area contributed by atoms with Gasteiger partial charge >= 0.3 is 0 Å². The fraction of sp³-hybridized carbons (Fsp3) is 0.714. The second kappa shape index (κ2) is 3.26. The van der Waals surface area contributed by atoms with Crippen molar-refractivity contribution in [3.05, 3.63) is 11.8 Å². The summed E-state index contributed by atoms with van der Waals surface area (Å²) in [4.78, 5) is 0. The van der Waals surface area contributed by atoms with Gasteiger partial charge in [-0.05, 0) is 6.42 Å². The highest BCUT2D eigenvalue weighted by atomic mass is 32.2. The number of allylic oxidation sites excluding steroid dienone is 1. The predicted octanol–water partition coefficient (Wildman–Crippen LogP) is 0.591. The Balaban J connectivity index is 2.77. The van der Waals surface area contributed by atoms with E-state index in [2.05, 4.69) is 9.68 Å². The van der Waals surface area contributed by atoms with E-state index in [0.29, 0.717) is 11.5 Å². The maximum absolute atomic E-state index is 11.6. The van der Waals surface area contributed by atoms with E-state index < -0.39 is 9.73 Å². The molecule has 0 radical (unpaired) electrons. The zero-order chi connectivity index (χ0) is 8.32. The zero-order valence-corrected chi connectivity index (χ0v) is 7.78. The Kier molecular flexibility index (Phi) is 2.54. The van der Waals surface area contributed by atoms with Gasteiger partial charge in [0.2, 0.25) is 0 Å². The lowest BCUT2D eigenvalue weighted by Crippen LogP contribution is -2.20. The summed E-state index contributed by atoms with van der Waals surface area (Å²) in [6, 6.07) is 0. The standard InChI is InChI=1S/C7H14N2OS/c1-8-7-3-5-11(10,9-2)6-4-7/h3,8H,4-6H2,1-2H3. The normalized spacial score (nSPS) is 30.9. The van der Waals surface area contributed by atoms with Crippen LogP contribution in [0.15, 0.2) is 16.1 Å². The third-order valence-corrected chi connectivity index (χ3v) is 4.13. The molecule has 64 valence electrons. The smallest absolute Gasteiger partial charge is 0.0517 e. The molecule has 0 aromatic carbocycles. The lowest BCUT2D eigenvalue weighted by molar-refractivity contribution is 0.673. The summed E-state index contributed by atoms with van der Waals surface area (Å²) in [5.74, 6) is 1.32. The molecule has 11 heavy (non-hydrogen) atoms. The molecule has 0 spiro atoms. The van der Waals surface area contributed by atoms with E-state index in [9.17, 15) is 4.21 Å². The molecule has 1 aliphatic rings. The Hall–Kier alpha value is -0.510. The van der Waals surface area contributed by atoms with Crippen LogP contribution in [0, 0.1) is 0 Å². The quantitative estimate of drug-likeness (QED) is 0.632. The van der Waals surface area contributed by atoms with Crippen LogP contribution in [0.1, 0.15) is 6.42 Å². The minimum absolute atomic E-state index is 0.611. The van der Waals surface area contributed by atoms with Crippen LogP contribution in [0.25, 0.3) is 0 Å². The minimum atomic E-state index is -1.86. The predicted molar refractivity (Wildman–Crippen MR) is 48.0 cm³/mol. The van der Waals surface area contributed by atoms with Crippen molar-refractivity contribution in [3.8, 4) is 0 Å². The van der Waals surface area contributed by atoms with Gasteiger partial charge < -0.3 is 5.32 Å². The monoisotopic (exact) mass is 174 g/mol. The first kappa shape index (κ1) is 8.59. The second-order valence-corrected chi connectivity index (χ2v) is 5.21. The molecule has 0 bridgehead atoms. The fourth-order valence-electron chi connectivity index (χ4n) is 1.08. The molecule has 0 aliphatic carbocycles. The average molecular weight is 174 g/mol. The molecular formula is C7H14N2OS. The van der Waals surface area contributed by atoms with E-state index in [1.807, 2.05) is 13.1 Å². The highest BCUT2D eigenvalue weighted by Gasteiger charge is 2.12. The molecule has 0 saturated carbocycles. The van der Waals surface area contributed by atoms with Crippen LogP contribution >= 0.6 is 0 Å². The van der Waals surface area contributed by atoms with Gasteiger partial charge in [0, 0.05) is 25.5 Å². The number of hydrogen-bond acceptors (Lipinski definition) is 3. The Morgan fingerprint density at radius 1 is 1.73 bits per heavy atom. The van der Waals surface area contributed by atoms with Gasteiger partial charge in [0.1, 0.15) is 0 Å². The molecule has 1 unspecified atom stereocenters. The minimum Gasteiger partial charge on any atom is -0.392 e. The molecule has 4 heteroatoms. The first-order chi connectivity index (χ1) is 5.20. The van der Waals surface area contributed by atoms with Gasteiger partial charge in [-0.2, -0.15) is 0 Å². The molecule has 0 aromatic heterocycles. The number of rotatable bonds is 1. The molecule has 1 rings (SSSR count). The van der Waals surface area contributed by atoms with Crippen molar-refractivity contribution in [1.82, 2.24) is 5.32 Å². The van der Waals surface area contributed by atoms with Crippen LogP contribution in [0.2, 0.25) is 0 Å². The van der Waals surface area contributed by atoms with Crippen LogP contribution in [0.4, 0.5) is 0 Å². The Morgan fingerprint density at radius 3 is 2.82 bits per heavy atom. The molecule has 0 fully saturated rings. The molecule has 1 atom stereocenters. The summed E-state index contributed by atoms with van der Waals surface area (Å²) < 4.78 is 15.5. The summed E-state index contributed by atoms with van der Waals surface area (Å²) in [6.45, 7) is 0. The van der Waals surface area contributed by atoms with Crippen molar-refractivity contribution >= 4 is 9.73 Å². The largest absolute Gasteiger partial charge is 0.392 e. The van der Waals surface area contributed by atoms with Crippen molar-refractivity contribution in [1.29, 1.82) is 0 Å². The lowest BCUT2D eigenvalue weighted by Gasteiger charge is -2.15. The van der Waals surface area contributed by atoms with E-state index in [0.717, 1.165) is 6.42 Å². The van der Waals surface area contributed by atoms with Crippen LogP contribution < -0.4 is 5.32 Å². The number of nitrogens with zero attached hydrogens (tertiary/aromatic N) is 1. The van der Waals surface area contributed by atoms with Gasteiger partial charge in [-0.25, -0.2) is 8.57 Å². The van der Waals surface area contributed by atoms with Crippen molar-refractivity contribution in [2.75, 3.05) is 25.6 Å².